The molecule has 1 saturated heterocycles. The molecule has 1 aliphatic rings. The van der Waals surface area contributed by atoms with Crippen molar-refractivity contribution < 1.29 is 4.92 Å². The molecule has 1 aliphatic heterocycles. The van der Waals surface area contributed by atoms with E-state index in [1.165, 1.54) is 11.9 Å². The van der Waals surface area contributed by atoms with Gasteiger partial charge in [0.15, 0.2) is 0 Å². The molecule has 0 unspecified atom stereocenters. The van der Waals surface area contributed by atoms with E-state index in [2.05, 4.69) is 39.1 Å². The number of benzene rings is 1. The van der Waals surface area contributed by atoms with Crippen molar-refractivity contribution in [1.29, 1.82) is 0 Å². The van der Waals surface area contributed by atoms with Crippen LogP contribution in [0.15, 0.2) is 36.7 Å². The summed E-state index contributed by atoms with van der Waals surface area (Å²) in [6, 6.07) is 10.6. The zero-order valence-electron chi connectivity index (χ0n) is 14.7. The lowest BCUT2D eigenvalue weighted by Gasteiger charge is -2.38. The molecule has 0 radical (unpaired) electrons. The Morgan fingerprint density at radius 1 is 1.27 bits per heavy atom. The quantitative estimate of drug-likeness (QED) is 0.436. The van der Waals surface area contributed by atoms with Crippen LogP contribution >= 0.6 is 11.6 Å². The molecule has 0 saturated carbocycles. The molecule has 3 rings (SSSR count). The Hall–Kier alpha value is -2.25. The van der Waals surface area contributed by atoms with Crippen molar-refractivity contribution in [3.05, 3.63) is 57.5 Å². The summed E-state index contributed by atoms with van der Waals surface area (Å²) in [6.07, 6.45) is 3.15. The summed E-state index contributed by atoms with van der Waals surface area (Å²) in [5.41, 5.74) is 1.10. The van der Waals surface area contributed by atoms with Gasteiger partial charge in [0.25, 0.3) is 0 Å². The van der Waals surface area contributed by atoms with Gasteiger partial charge in [0, 0.05) is 32.2 Å². The lowest BCUT2D eigenvalue weighted by atomic mass is 10.0. The molecule has 2 heterocycles. The first-order valence-electron chi connectivity index (χ1n) is 8.78. The summed E-state index contributed by atoms with van der Waals surface area (Å²) in [7, 11) is 0. The summed E-state index contributed by atoms with van der Waals surface area (Å²) < 4.78 is 0. The summed E-state index contributed by atoms with van der Waals surface area (Å²) in [6.45, 7) is 5.44. The minimum Gasteiger partial charge on any atom is -0.348 e. The maximum atomic E-state index is 11.4. The van der Waals surface area contributed by atoms with E-state index in [1.54, 1.807) is 0 Å². The normalized spacial score (nSPS) is 15.8. The van der Waals surface area contributed by atoms with Crippen LogP contribution in [-0.2, 0) is 6.54 Å². The molecule has 0 spiro atoms. The lowest BCUT2D eigenvalue weighted by molar-refractivity contribution is -0.384. The molecule has 0 atom stereocenters. The fourth-order valence-corrected chi connectivity index (χ4v) is 3.72. The molecule has 0 bridgehead atoms. The van der Waals surface area contributed by atoms with Crippen molar-refractivity contribution in [2.24, 2.45) is 0 Å². The van der Waals surface area contributed by atoms with E-state index in [0.29, 0.717) is 12.4 Å². The van der Waals surface area contributed by atoms with Crippen LogP contribution in [0.4, 0.5) is 11.5 Å². The van der Waals surface area contributed by atoms with Crippen molar-refractivity contribution in [2.75, 3.05) is 24.5 Å². The van der Waals surface area contributed by atoms with E-state index in [-0.39, 0.29) is 16.9 Å². The highest BCUT2D eigenvalue weighted by atomic mass is 35.5. The molecular weight excluding hydrogens is 354 g/mol. The predicted molar refractivity (Wildman–Crippen MR) is 101 cm³/mol. The van der Waals surface area contributed by atoms with Crippen molar-refractivity contribution in [3.8, 4) is 0 Å². The van der Waals surface area contributed by atoms with E-state index in [4.69, 9.17) is 11.6 Å². The van der Waals surface area contributed by atoms with Crippen LogP contribution in [0.25, 0.3) is 0 Å². The number of likely N-dealkylation sites (tertiary alicyclic amines) is 1. The smallest absolute Gasteiger partial charge is 0.348 e. The number of hydrogen-bond acceptors (Lipinski definition) is 6. The first-order valence-corrected chi connectivity index (χ1v) is 9.15. The molecule has 2 aromatic rings. The third-order valence-electron chi connectivity index (χ3n) is 4.80. The molecule has 138 valence electrons. The van der Waals surface area contributed by atoms with Gasteiger partial charge >= 0.3 is 5.69 Å². The van der Waals surface area contributed by atoms with Crippen LogP contribution in [0.5, 0.6) is 0 Å². The summed E-state index contributed by atoms with van der Waals surface area (Å²) >= 11 is 5.95. The van der Waals surface area contributed by atoms with Gasteiger partial charge in [-0.3, -0.25) is 15.0 Å². The zero-order chi connectivity index (χ0) is 18.5. The molecule has 1 aromatic heterocycles. The zero-order valence-corrected chi connectivity index (χ0v) is 15.5. The van der Waals surface area contributed by atoms with Gasteiger partial charge < -0.3 is 4.90 Å². The fraction of sp³-hybridized carbons (Fsp3) is 0.444. The summed E-state index contributed by atoms with van der Waals surface area (Å²) in [4.78, 5) is 23.2. The topological polar surface area (TPSA) is 75.4 Å². The highest BCUT2D eigenvalue weighted by molar-refractivity contribution is 6.31. The molecule has 26 heavy (non-hydrogen) atoms. The second-order valence-electron chi connectivity index (χ2n) is 6.37. The van der Waals surface area contributed by atoms with Gasteiger partial charge in [-0.15, -0.1) is 0 Å². The maximum absolute atomic E-state index is 11.4. The van der Waals surface area contributed by atoms with Crippen molar-refractivity contribution in [1.82, 2.24) is 14.9 Å². The molecular formula is C18H22ClN5O2. The average Bonchev–Trinajstić information content (AvgIpc) is 2.64. The van der Waals surface area contributed by atoms with E-state index in [0.717, 1.165) is 32.5 Å². The van der Waals surface area contributed by atoms with Crippen LogP contribution < -0.4 is 4.90 Å². The predicted octanol–water partition coefficient (Wildman–Crippen LogP) is 3.53. The van der Waals surface area contributed by atoms with Gasteiger partial charge in [0.1, 0.15) is 6.33 Å². The molecule has 0 amide bonds. The minimum atomic E-state index is -0.495. The van der Waals surface area contributed by atoms with E-state index in [9.17, 15) is 10.1 Å². The molecule has 1 fully saturated rings. The Kier molecular flexibility index (Phi) is 6.00. The SMILES string of the molecule is CCN(c1ncnc(Cl)c1[N+](=O)[O-])C1CCN(Cc2ccccc2)CC1. The van der Waals surface area contributed by atoms with Gasteiger partial charge in [-0.1, -0.05) is 41.9 Å². The standard InChI is InChI=1S/C18H22ClN5O2/c1-2-23(18-16(24(25)26)17(19)20-13-21-18)15-8-10-22(11-9-15)12-14-6-4-3-5-7-14/h3-7,13,15H,2,8-12H2,1H3. The lowest BCUT2D eigenvalue weighted by Crippen LogP contribution is -2.45. The molecule has 0 aliphatic carbocycles. The fourth-order valence-electron chi connectivity index (χ4n) is 3.53. The Balaban J connectivity index is 1.70. The van der Waals surface area contributed by atoms with E-state index < -0.39 is 4.92 Å². The van der Waals surface area contributed by atoms with Gasteiger partial charge in [-0.25, -0.2) is 9.97 Å². The monoisotopic (exact) mass is 375 g/mol. The van der Waals surface area contributed by atoms with Gasteiger partial charge in [0.05, 0.1) is 4.92 Å². The van der Waals surface area contributed by atoms with Gasteiger partial charge in [-0.2, -0.15) is 0 Å². The molecule has 1 aromatic carbocycles. The minimum absolute atomic E-state index is 0.111. The molecule has 8 heteroatoms. The maximum Gasteiger partial charge on any atom is 0.348 e. The van der Waals surface area contributed by atoms with Crippen molar-refractivity contribution in [2.45, 2.75) is 32.4 Å². The van der Waals surface area contributed by atoms with Crippen LogP contribution in [0.2, 0.25) is 5.15 Å². The number of hydrogen-bond donors (Lipinski definition) is 0. The molecule has 0 N–H and O–H groups in total. The summed E-state index contributed by atoms with van der Waals surface area (Å²) in [5, 5.41) is 11.3. The Bertz CT molecular complexity index is 751. The Morgan fingerprint density at radius 2 is 1.96 bits per heavy atom. The first-order chi connectivity index (χ1) is 12.6. The third kappa shape index (κ3) is 4.11. The van der Waals surface area contributed by atoms with Crippen LogP contribution in [-0.4, -0.2) is 45.5 Å². The number of nitrogens with zero attached hydrogens (tertiary/aromatic N) is 5. The average molecular weight is 376 g/mol. The van der Waals surface area contributed by atoms with Crippen molar-refractivity contribution >= 4 is 23.1 Å². The largest absolute Gasteiger partial charge is 0.348 e. The Labute approximate surface area is 157 Å². The third-order valence-corrected chi connectivity index (χ3v) is 5.08. The number of piperidine rings is 1. The number of anilines is 1. The second kappa shape index (κ2) is 8.42. The van der Waals surface area contributed by atoms with Gasteiger partial charge in [0.2, 0.25) is 11.0 Å². The molecule has 7 nitrogen and oxygen atoms in total. The van der Waals surface area contributed by atoms with Gasteiger partial charge in [-0.05, 0) is 25.3 Å². The van der Waals surface area contributed by atoms with Crippen molar-refractivity contribution in [3.63, 3.8) is 0 Å². The summed E-state index contributed by atoms with van der Waals surface area (Å²) in [5.74, 6) is 0.319. The number of aromatic nitrogens is 2. The first kappa shape index (κ1) is 18.5. The second-order valence-corrected chi connectivity index (χ2v) is 6.73. The Morgan fingerprint density at radius 3 is 2.58 bits per heavy atom. The van der Waals surface area contributed by atoms with Crippen LogP contribution in [0.1, 0.15) is 25.3 Å². The van der Waals surface area contributed by atoms with Crippen LogP contribution in [0, 0.1) is 10.1 Å². The van der Waals surface area contributed by atoms with E-state index >= 15 is 0 Å². The van der Waals surface area contributed by atoms with Crippen LogP contribution in [0.3, 0.4) is 0 Å². The van der Waals surface area contributed by atoms with E-state index in [1.807, 2.05) is 17.9 Å². The highest BCUT2D eigenvalue weighted by Crippen LogP contribution is 2.34. The number of halogens is 1. The number of rotatable bonds is 6. The number of nitro groups is 1. The highest BCUT2D eigenvalue weighted by Gasteiger charge is 2.31.